The van der Waals surface area contributed by atoms with E-state index in [2.05, 4.69) is 82.0 Å². The van der Waals surface area contributed by atoms with Crippen LogP contribution in [-0.4, -0.2) is 40.9 Å². The minimum absolute atomic E-state index is 0.787. The zero-order valence-electron chi connectivity index (χ0n) is 17.6. The molecular formula is C26H23N5O. The van der Waals surface area contributed by atoms with Crippen molar-refractivity contribution in [3.63, 3.8) is 0 Å². The predicted molar refractivity (Wildman–Crippen MR) is 129 cm³/mol. The molecule has 6 heteroatoms. The van der Waals surface area contributed by atoms with Crippen molar-refractivity contribution in [3.05, 3.63) is 85.2 Å². The highest BCUT2D eigenvalue weighted by molar-refractivity contribution is 5.89. The van der Waals surface area contributed by atoms with Crippen molar-refractivity contribution in [2.45, 2.75) is 0 Å². The number of hydrogen-bond donors (Lipinski definition) is 1. The number of rotatable bonds is 4. The average molecular weight is 422 g/mol. The van der Waals surface area contributed by atoms with Gasteiger partial charge in [0.25, 0.3) is 0 Å². The summed E-state index contributed by atoms with van der Waals surface area (Å²) in [7, 11) is 0. The number of nitrogens with zero attached hydrogens (tertiary/aromatic N) is 4. The first kappa shape index (κ1) is 18.8. The van der Waals surface area contributed by atoms with Gasteiger partial charge in [0.1, 0.15) is 5.82 Å². The maximum absolute atomic E-state index is 5.45. The number of fused-ring (bicyclic) bond motifs is 2. The second-order valence-corrected chi connectivity index (χ2v) is 7.97. The van der Waals surface area contributed by atoms with E-state index in [1.807, 2.05) is 23.0 Å². The molecule has 3 heterocycles. The molecule has 6 rings (SSSR count). The van der Waals surface area contributed by atoms with Gasteiger partial charge >= 0.3 is 0 Å². The van der Waals surface area contributed by atoms with E-state index >= 15 is 0 Å². The van der Waals surface area contributed by atoms with Gasteiger partial charge in [0, 0.05) is 36.2 Å². The van der Waals surface area contributed by atoms with Crippen LogP contribution in [0.15, 0.2) is 85.2 Å². The molecule has 6 nitrogen and oxygen atoms in total. The van der Waals surface area contributed by atoms with Gasteiger partial charge in [0.05, 0.1) is 19.4 Å². The summed E-state index contributed by atoms with van der Waals surface area (Å²) in [4.78, 5) is 7.21. The van der Waals surface area contributed by atoms with E-state index in [1.165, 1.54) is 16.5 Å². The topological polar surface area (TPSA) is 54.7 Å². The minimum Gasteiger partial charge on any atom is -0.378 e. The molecule has 0 atom stereocenters. The summed E-state index contributed by atoms with van der Waals surface area (Å²) >= 11 is 0. The maximum atomic E-state index is 5.45. The van der Waals surface area contributed by atoms with Crippen LogP contribution >= 0.6 is 0 Å². The Bertz CT molecular complexity index is 1390. The molecule has 0 saturated carbocycles. The molecule has 0 unspecified atom stereocenters. The van der Waals surface area contributed by atoms with Crippen molar-refractivity contribution >= 4 is 33.6 Å². The van der Waals surface area contributed by atoms with E-state index in [4.69, 9.17) is 9.72 Å². The fraction of sp³-hybridized carbons (Fsp3) is 0.154. The third kappa shape index (κ3) is 3.55. The molecule has 0 spiro atoms. The molecule has 0 aliphatic carbocycles. The maximum Gasteiger partial charge on any atom is 0.165 e. The fourth-order valence-corrected chi connectivity index (χ4v) is 4.22. The second kappa shape index (κ2) is 7.98. The Hall–Kier alpha value is -3.90. The molecule has 32 heavy (non-hydrogen) atoms. The average Bonchev–Trinajstić information content (AvgIpc) is 3.28. The summed E-state index contributed by atoms with van der Waals surface area (Å²) in [5.74, 6) is 0.791. The number of aromatic nitrogens is 3. The predicted octanol–water partition coefficient (Wildman–Crippen LogP) is 5.13. The first-order valence-corrected chi connectivity index (χ1v) is 10.9. The molecule has 2 aromatic heterocycles. The van der Waals surface area contributed by atoms with E-state index in [0.717, 1.165) is 54.6 Å². The van der Waals surface area contributed by atoms with E-state index in [9.17, 15) is 0 Å². The monoisotopic (exact) mass is 421 g/mol. The zero-order chi connectivity index (χ0) is 21.3. The number of anilines is 3. The lowest BCUT2D eigenvalue weighted by Crippen LogP contribution is -2.36. The van der Waals surface area contributed by atoms with Gasteiger partial charge in [-0.3, -0.25) is 0 Å². The van der Waals surface area contributed by atoms with Crippen LogP contribution in [0.2, 0.25) is 0 Å². The van der Waals surface area contributed by atoms with Gasteiger partial charge in [-0.1, -0.05) is 36.4 Å². The van der Waals surface area contributed by atoms with Crippen molar-refractivity contribution < 1.29 is 4.74 Å². The summed E-state index contributed by atoms with van der Waals surface area (Å²) in [5.41, 5.74) is 5.18. The highest BCUT2D eigenvalue weighted by Crippen LogP contribution is 2.28. The summed E-state index contributed by atoms with van der Waals surface area (Å²) in [6.45, 7) is 3.44. The van der Waals surface area contributed by atoms with Crippen LogP contribution in [0, 0.1) is 0 Å². The lowest BCUT2D eigenvalue weighted by molar-refractivity contribution is 0.122. The molecule has 0 radical (unpaired) electrons. The van der Waals surface area contributed by atoms with Gasteiger partial charge in [-0.25, -0.2) is 9.50 Å². The first-order valence-electron chi connectivity index (χ1n) is 10.9. The van der Waals surface area contributed by atoms with Gasteiger partial charge in [0.15, 0.2) is 5.65 Å². The molecule has 1 N–H and O–H groups in total. The van der Waals surface area contributed by atoms with Crippen molar-refractivity contribution in [3.8, 4) is 11.1 Å². The van der Waals surface area contributed by atoms with E-state index < -0.39 is 0 Å². The largest absolute Gasteiger partial charge is 0.378 e. The molecular weight excluding hydrogens is 398 g/mol. The quantitative estimate of drug-likeness (QED) is 0.436. The SMILES string of the molecule is c1ccc2cc(-c3cnn4ccc(Nc5ccc(N6CCOCC6)cc5)nc34)ccc2c1. The third-order valence-electron chi connectivity index (χ3n) is 5.95. The molecule has 0 bridgehead atoms. The minimum atomic E-state index is 0.787. The number of morpholine rings is 1. The third-order valence-corrected chi connectivity index (χ3v) is 5.95. The van der Waals surface area contributed by atoms with Gasteiger partial charge < -0.3 is 15.0 Å². The van der Waals surface area contributed by atoms with E-state index in [0.29, 0.717) is 0 Å². The van der Waals surface area contributed by atoms with Crippen LogP contribution in [0.1, 0.15) is 0 Å². The van der Waals surface area contributed by atoms with Gasteiger partial charge in [-0.05, 0) is 52.7 Å². The fourth-order valence-electron chi connectivity index (χ4n) is 4.22. The highest BCUT2D eigenvalue weighted by atomic mass is 16.5. The molecule has 0 amide bonds. The molecule has 158 valence electrons. The molecule has 1 aliphatic rings. The summed E-state index contributed by atoms with van der Waals surface area (Å²) < 4.78 is 7.26. The smallest absolute Gasteiger partial charge is 0.165 e. The molecule has 1 saturated heterocycles. The Morgan fingerprint density at radius 2 is 1.66 bits per heavy atom. The second-order valence-electron chi connectivity index (χ2n) is 7.97. The number of ether oxygens (including phenoxy) is 1. The van der Waals surface area contributed by atoms with Crippen molar-refractivity contribution in [1.82, 2.24) is 14.6 Å². The Labute approximate surface area is 186 Å². The van der Waals surface area contributed by atoms with Crippen LogP contribution in [-0.2, 0) is 4.74 Å². The standard InChI is InChI=1S/C26H23N5O/c1-2-4-20-17-21(6-5-19(20)3-1)24-18-27-31-12-11-25(29-26(24)31)28-22-7-9-23(10-8-22)30-13-15-32-16-14-30/h1-12,17-18H,13-16H2,(H,28,29). The molecule has 5 aromatic rings. The normalized spacial score (nSPS) is 14.2. The Morgan fingerprint density at radius 3 is 2.50 bits per heavy atom. The van der Waals surface area contributed by atoms with Gasteiger partial charge in [-0.15, -0.1) is 0 Å². The Morgan fingerprint density at radius 1 is 0.844 bits per heavy atom. The van der Waals surface area contributed by atoms with Gasteiger partial charge in [-0.2, -0.15) is 5.10 Å². The van der Waals surface area contributed by atoms with E-state index in [-0.39, 0.29) is 0 Å². The number of hydrogen-bond acceptors (Lipinski definition) is 5. The summed E-state index contributed by atoms with van der Waals surface area (Å²) in [6, 6.07) is 25.3. The van der Waals surface area contributed by atoms with Crippen molar-refractivity contribution in [2.75, 3.05) is 36.5 Å². The van der Waals surface area contributed by atoms with E-state index in [1.54, 1.807) is 0 Å². The van der Waals surface area contributed by atoms with Crippen LogP contribution in [0.25, 0.3) is 27.5 Å². The molecule has 3 aromatic carbocycles. The Kier molecular flexibility index (Phi) is 4.70. The first-order chi connectivity index (χ1) is 15.8. The van der Waals surface area contributed by atoms with Crippen molar-refractivity contribution in [2.24, 2.45) is 0 Å². The zero-order valence-corrected chi connectivity index (χ0v) is 17.6. The summed E-state index contributed by atoms with van der Waals surface area (Å²) in [6.07, 6.45) is 3.82. The van der Waals surface area contributed by atoms with Crippen LogP contribution in [0.4, 0.5) is 17.2 Å². The summed E-state index contributed by atoms with van der Waals surface area (Å²) in [5, 5.41) is 10.4. The number of nitrogens with one attached hydrogen (secondary N) is 1. The van der Waals surface area contributed by atoms with Crippen LogP contribution in [0.5, 0.6) is 0 Å². The van der Waals surface area contributed by atoms with Crippen LogP contribution in [0.3, 0.4) is 0 Å². The van der Waals surface area contributed by atoms with Gasteiger partial charge in [0.2, 0.25) is 0 Å². The lowest BCUT2D eigenvalue weighted by atomic mass is 10.0. The van der Waals surface area contributed by atoms with Crippen LogP contribution < -0.4 is 10.2 Å². The lowest BCUT2D eigenvalue weighted by Gasteiger charge is -2.28. The van der Waals surface area contributed by atoms with Crippen molar-refractivity contribution in [1.29, 1.82) is 0 Å². The number of benzene rings is 3. The Balaban J connectivity index is 1.28. The highest BCUT2D eigenvalue weighted by Gasteiger charge is 2.12. The molecule has 1 aliphatic heterocycles. The molecule has 1 fully saturated rings.